The van der Waals surface area contributed by atoms with Gasteiger partial charge in [0.15, 0.2) is 0 Å². The van der Waals surface area contributed by atoms with E-state index in [4.69, 9.17) is 9.47 Å². The molecule has 0 radical (unpaired) electrons. The van der Waals surface area contributed by atoms with E-state index in [1.807, 2.05) is 6.07 Å². The van der Waals surface area contributed by atoms with Crippen LogP contribution in [0.5, 0.6) is 11.5 Å². The molecule has 1 aromatic rings. The zero-order valence-corrected chi connectivity index (χ0v) is 13.6. The third kappa shape index (κ3) is 3.11. The van der Waals surface area contributed by atoms with Gasteiger partial charge in [-0.05, 0) is 61.6 Å². The summed E-state index contributed by atoms with van der Waals surface area (Å²) < 4.78 is 11.0. The summed E-state index contributed by atoms with van der Waals surface area (Å²) in [6.45, 7) is 6.72. The van der Waals surface area contributed by atoms with Crippen molar-refractivity contribution < 1.29 is 9.47 Å². The minimum atomic E-state index is 0.820. The van der Waals surface area contributed by atoms with Gasteiger partial charge in [-0.1, -0.05) is 19.8 Å². The molecule has 0 unspecified atom stereocenters. The van der Waals surface area contributed by atoms with Crippen LogP contribution in [0.2, 0.25) is 0 Å². The second kappa shape index (κ2) is 6.51. The Morgan fingerprint density at radius 2 is 1.45 bits per heavy atom. The number of ether oxygens (including phenoxy) is 2. The van der Waals surface area contributed by atoms with Crippen molar-refractivity contribution >= 4 is 0 Å². The Morgan fingerprint density at radius 1 is 0.950 bits per heavy atom. The van der Waals surface area contributed by atoms with Gasteiger partial charge in [0.05, 0.1) is 14.2 Å². The lowest BCUT2D eigenvalue weighted by Gasteiger charge is -2.28. The molecule has 0 saturated heterocycles. The van der Waals surface area contributed by atoms with Gasteiger partial charge in [0.25, 0.3) is 0 Å². The molecule has 112 valence electrons. The quantitative estimate of drug-likeness (QED) is 0.794. The molecule has 2 rings (SSSR count). The molecule has 1 fully saturated rings. The fraction of sp³-hybridized carbons (Fsp3) is 0.667. The van der Waals surface area contributed by atoms with Crippen molar-refractivity contribution in [3.63, 3.8) is 0 Å². The molecule has 20 heavy (non-hydrogen) atoms. The topological polar surface area (TPSA) is 18.5 Å². The van der Waals surface area contributed by atoms with Crippen LogP contribution >= 0.6 is 0 Å². The lowest BCUT2D eigenvalue weighted by molar-refractivity contribution is 0.287. The molecular weight excluding hydrogens is 248 g/mol. The van der Waals surface area contributed by atoms with Gasteiger partial charge in [0.2, 0.25) is 0 Å². The molecule has 0 atom stereocenters. The fourth-order valence-corrected chi connectivity index (χ4v) is 3.47. The van der Waals surface area contributed by atoms with Crippen molar-refractivity contribution in [1.29, 1.82) is 0 Å². The Balaban J connectivity index is 2.25. The summed E-state index contributed by atoms with van der Waals surface area (Å²) in [4.78, 5) is 0. The number of rotatable bonds is 4. The molecular formula is C18H28O2. The largest absolute Gasteiger partial charge is 0.496 e. The van der Waals surface area contributed by atoms with Crippen molar-refractivity contribution in [3.8, 4) is 11.5 Å². The first-order valence-corrected chi connectivity index (χ1v) is 7.77. The molecule has 1 aliphatic carbocycles. The van der Waals surface area contributed by atoms with Gasteiger partial charge in [-0.15, -0.1) is 0 Å². The van der Waals surface area contributed by atoms with Gasteiger partial charge < -0.3 is 9.47 Å². The predicted molar refractivity (Wildman–Crippen MR) is 83.8 cm³/mol. The highest BCUT2D eigenvalue weighted by Gasteiger charge is 2.22. The average molecular weight is 276 g/mol. The van der Waals surface area contributed by atoms with Gasteiger partial charge >= 0.3 is 0 Å². The average Bonchev–Trinajstić information content (AvgIpc) is 2.46. The molecule has 0 spiro atoms. The van der Waals surface area contributed by atoms with E-state index in [0.717, 1.165) is 29.8 Å². The molecule has 1 saturated carbocycles. The van der Waals surface area contributed by atoms with Gasteiger partial charge in [-0.2, -0.15) is 0 Å². The molecule has 0 aromatic heterocycles. The number of methoxy groups -OCH3 is 2. The summed E-state index contributed by atoms with van der Waals surface area (Å²) >= 11 is 0. The normalized spacial score (nSPS) is 22.6. The van der Waals surface area contributed by atoms with E-state index in [9.17, 15) is 0 Å². The molecule has 0 aliphatic heterocycles. The Kier molecular flexibility index (Phi) is 4.95. The number of benzene rings is 1. The second-order valence-corrected chi connectivity index (χ2v) is 6.34. The van der Waals surface area contributed by atoms with E-state index in [1.165, 1.54) is 42.4 Å². The van der Waals surface area contributed by atoms with Crippen molar-refractivity contribution in [3.05, 3.63) is 22.8 Å². The summed E-state index contributed by atoms with van der Waals surface area (Å²) in [5, 5.41) is 0. The zero-order valence-electron chi connectivity index (χ0n) is 13.6. The third-order valence-electron chi connectivity index (χ3n) is 4.97. The second-order valence-electron chi connectivity index (χ2n) is 6.34. The Labute approximate surface area is 123 Å². The number of hydrogen-bond acceptors (Lipinski definition) is 2. The van der Waals surface area contributed by atoms with Crippen LogP contribution in [0.15, 0.2) is 6.07 Å². The Bertz CT molecular complexity index is 429. The summed E-state index contributed by atoms with van der Waals surface area (Å²) in [5.41, 5.74) is 3.99. The maximum Gasteiger partial charge on any atom is 0.125 e. The first kappa shape index (κ1) is 15.2. The van der Waals surface area contributed by atoms with Crippen LogP contribution in [0, 0.1) is 25.7 Å². The maximum atomic E-state index is 5.51. The Morgan fingerprint density at radius 3 is 1.90 bits per heavy atom. The smallest absolute Gasteiger partial charge is 0.125 e. The molecule has 2 nitrogen and oxygen atoms in total. The lowest BCUT2D eigenvalue weighted by Crippen LogP contribution is -2.16. The monoisotopic (exact) mass is 276 g/mol. The molecule has 0 N–H and O–H groups in total. The van der Waals surface area contributed by atoms with Crippen LogP contribution in [0.3, 0.4) is 0 Å². The van der Waals surface area contributed by atoms with Crippen LogP contribution in [-0.4, -0.2) is 14.2 Å². The first-order valence-electron chi connectivity index (χ1n) is 7.77. The summed E-state index contributed by atoms with van der Waals surface area (Å²) in [7, 11) is 3.48. The van der Waals surface area contributed by atoms with Crippen LogP contribution in [0.4, 0.5) is 0 Å². The SMILES string of the molecule is COc1cc(OC)c(C)c(CC2CCC(C)CC2)c1C. The highest BCUT2D eigenvalue weighted by Crippen LogP contribution is 2.37. The third-order valence-corrected chi connectivity index (χ3v) is 4.97. The molecule has 0 bridgehead atoms. The molecule has 0 amide bonds. The highest BCUT2D eigenvalue weighted by atomic mass is 16.5. The summed E-state index contributed by atoms with van der Waals surface area (Å²) in [6, 6.07) is 2.01. The molecule has 0 heterocycles. The Hall–Kier alpha value is -1.18. The van der Waals surface area contributed by atoms with Gasteiger partial charge in [0, 0.05) is 6.07 Å². The molecule has 1 aromatic carbocycles. The standard InChI is InChI=1S/C18H28O2/c1-12-6-8-15(9-7-12)10-16-13(2)17(19-4)11-18(20-5)14(16)3/h11-12,15H,6-10H2,1-5H3. The van der Waals surface area contributed by atoms with Crippen LogP contribution in [0.25, 0.3) is 0 Å². The molecule has 2 heteroatoms. The van der Waals surface area contributed by atoms with Crippen molar-refractivity contribution in [2.45, 2.75) is 52.9 Å². The number of hydrogen-bond donors (Lipinski definition) is 0. The highest BCUT2D eigenvalue weighted by molar-refractivity contribution is 5.52. The van der Waals surface area contributed by atoms with Crippen molar-refractivity contribution in [2.24, 2.45) is 11.8 Å². The molecule has 1 aliphatic rings. The van der Waals surface area contributed by atoms with E-state index in [1.54, 1.807) is 14.2 Å². The summed E-state index contributed by atoms with van der Waals surface area (Å²) in [6.07, 6.45) is 6.64. The lowest BCUT2D eigenvalue weighted by atomic mass is 9.79. The van der Waals surface area contributed by atoms with Crippen LogP contribution in [0.1, 0.15) is 49.3 Å². The van der Waals surface area contributed by atoms with Crippen LogP contribution in [-0.2, 0) is 6.42 Å². The summed E-state index contributed by atoms with van der Waals surface area (Å²) in [5.74, 6) is 3.63. The van der Waals surface area contributed by atoms with Crippen molar-refractivity contribution in [2.75, 3.05) is 14.2 Å². The van der Waals surface area contributed by atoms with E-state index < -0.39 is 0 Å². The first-order chi connectivity index (χ1) is 9.56. The van der Waals surface area contributed by atoms with Gasteiger partial charge in [-0.3, -0.25) is 0 Å². The fourth-order valence-electron chi connectivity index (χ4n) is 3.47. The van der Waals surface area contributed by atoms with Gasteiger partial charge in [-0.25, -0.2) is 0 Å². The maximum absolute atomic E-state index is 5.51. The minimum absolute atomic E-state index is 0.820. The van der Waals surface area contributed by atoms with E-state index >= 15 is 0 Å². The predicted octanol–water partition coefficient (Wildman–Crippen LogP) is 4.69. The van der Waals surface area contributed by atoms with Crippen molar-refractivity contribution in [1.82, 2.24) is 0 Å². The van der Waals surface area contributed by atoms with Gasteiger partial charge in [0.1, 0.15) is 11.5 Å². The van der Waals surface area contributed by atoms with E-state index in [0.29, 0.717) is 0 Å². The minimum Gasteiger partial charge on any atom is -0.496 e. The van der Waals surface area contributed by atoms with Crippen LogP contribution < -0.4 is 9.47 Å². The van der Waals surface area contributed by atoms with E-state index in [2.05, 4.69) is 20.8 Å². The zero-order chi connectivity index (χ0) is 14.7. The van der Waals surface area contributed by atoms with E-state index in [-0.39, 0.29) is 0 Å².